The molecule has 55 heavy (non-hydrogen) atoms. The van der Waals surface area contributed by atoms with Gasteiger partial charge in [-0.05, 0) is 78.1 Å². The molecule has 0 unspecified atom stereocenters. The van der Waals surface area contributed by atoms with Crippen molar-refractivity contribution in [3.05, 3.63) is 59.2 Å². The minimum Gasteiger partial charge on any atom is -0.508 e. The summed E-state index contributed by atoms with van der Waals surface area (Å²) in [7, 11) is -2.28. The summed E-state index contributed by atoms with van der Waals surface area (Å²) in [6.45, 7) is 18.4. The Morgan fingerprint density at radius 3 is 2.47 bits per heavy atom. The number of hydrogen-bond donors (Lipinski definition) is 2. The van der Waals surface area contributed by atoms with Crippen molar-refractivity contribution in [1.82, 2.24) is 15.2 Å². The van der Waals surface area contributed by atoms with Gasteiger partial charge in [-0.25, -0.2) is 18.2 Å². The minimum absolute atomic E-state index is 0.00539. The molecule has 11 heteroatoms. The molecule has 7 rings (SSSR count). The van der Waals surface area contributed by atoms with Crippen LogP contribution in [0.1, 0.15) is 78.9 Å². The molecule has 3 aromatic carbocycles. The zero-order valence-electron chi connectivity index (χ0n) is 33.0. The van der Waals surface area contributed by atoms with Gasteiger partial charge in [0.25, 0.3) is 0 Å². The maximum atomic E-state index is 17.5. The molecule has 0 radical (unpaired) electrons. The van der Waals surface area contributed by atoms with Crippen LogP contribution in [0.2, 0.25) is 16.6 Å². The smallest absolute Gasteiger partial charge is 0.234 e. The molecule has 3 saturated heterocycles. The molecule has 0 bridgehead atoms. The van der Waals surface area contributed by atoms with Gasteiger partial charge in [0.05, 0.1) is 16.8 Å². The second-order valence-corrected chi connectivity index (χ2v) is 22.4. The molecule has 2 N–H and O–H groups in total. The molecule has 4 heterocycles. The molecular formula is C44H52F3N5O2Si. The van der Waals surface area contributed by atoms with Gasteiger partial charge in [0.1, 0.15) is 49.6 Å². The maximum absolute atomic E-state index is 17.5. The Morgan fingerprint density at radius 2 is 1.78 bits per heavy atom. The van der Waals surface area contributed by atoms with E-state index in [9.17, 15) is 14.8 Å². The largest absolute Gasteiger partial charge is 0.508 e. The number of aromatic hydroxyl groups is 1. The van der Waals surface area contributed by atoms with Gasteiger partial charge < -0.3 is 20.1 Å². The summed E-state index contributed by atoms with van der Waals surface area (Å²) in [5.74, 6) is 1.99. The summed E-state index contributed by atoms with van der Waals surface area (Å²) in [5, 5.41) is 26.4. The molecule has 1 aromatic heterocycles. The second kappa shape index (κ2) is 15.0. The third-order valence-corrected chi connectivity index (χ3v) is 19.1. The van der Waals surface area contributed by atoms with Crippen LogP contribution in [0.4, 0.5) is 18.9 Å². The number of hydrogen-bond acceptors (Lipinski definition) is 7. The number of alkyl halides is 1. The number of aromatic nitrogens is 1. The predicted octanol–water partition coefficient (Wildman–Crippen LogP) is 9.23. The third kappa shape index (κ3) is 6.62. The zero-order valence-corrected chi connectivity index (χ0v) is 34.0. The molecule has 290 valence electrons. The zero-order chi connectivity index (χ0) is 39.4. The Bertz CT molecular complexity index is 2220. The van der Waals surface area contributed by atoms with Crippen LogP contribution in [-0.2, 0) is 0 Å². The quantitative estimate of drug-likeness (QED) is 0.137. The molecule has 0 saturated carbocycles. The third-order valence-electron chi connectivity index (χ3n) is 12.8. The number of anilines is 1. The first-order valence-electron chi connectivity index (χ1n) is 19.8. The summed E-state index contributed by atoms with van der Waals surface area (Å²) >= 11 is 0. The standard InChI is InChI=1S/C44H52F3N5O2Si/c1-26(2)55(27(3)4,28(5)6)18-13-34-38(46)12-9-30-19-32(53)20-36(39(30)34)33-10-11-35-41(40(33)47)50-43(37(22-48)42(35)52-17-15-49-23-29(52)7)54-25-44-14-8-16-51(44)24-31(45)21-44/h9-12,19-20,26-29,31,49,53H,8,14-17,21,23-25H2,1-7H3/t29-,31-,44+/m1/s1. The second-order valence-electron chi connectivity index (χ2n) is 16.8. The predicted molar refractivity (Wildman–Crippen MR) is 217 cm³/mol. The first kappa shape index (κ1) is 39.0. The highest BCUT2D eigenvalue weighted by Gasteiger charge is 2.49. The number of ether oxygens (including phenoxy) is 1. The molecule has 7 nitrogen and oxygen atoms in total. The lowest BCUT2D eigenvalue weighted by Gasteiger charge is -2.38. The normalized spacial score (nSPS) is 21.8. The number of nitrogens with one attached hydrogen (secondary N) is 1. The monoisotopic (exact) mass is 767 g/mol. The number of nitriles is 1. The highest BCUT2D eigenvalue weighted by atomic mass is 28.3. The van der Waals surface area contributed by atoms with Crippen molar-refractivity contribution in [3.63, 3.8) is 0 Å². The van der Waals surface area contributed by atoms with Crippen LogP contribution in [0.3, 0.4) is 0 Å². The lowest BCUT2D eigenvalue weighted by molar-refractivity contribution is 0.110. The van der Waals surface area contributed by atoms with Gasteiger partial charge in [-0.1, -0.05) is 59.6 Å². The molecule has 0 amide bonds. The van der Waals surface area contributed by atoms with Crippen LogP contribution in [0, 0.1) is 34.4 Å². The fourth-order valence-electron chi connectivity index (χ4n) is 10.2. The average Bonchev–Trinajstić information content (AvgIpc) is 3.66. The summed E-state index contributed by atoms with van der Waals surface area (Å²) < 4.78 is 54.7. The first-order chi connectivity index (χ1) is 26.2. The summed E-state index contributed by atoms with van der Waals surface area (Å²) in [6, 6.07) is 11.6. The minimum atomic E-state index is -2.28. The Morgan fingerprint density at radius 1 is 1.04 bits per heavy atom. The van der Waals surface area contributed by atoms with Crippen LogP contribution < -0.4 is 15.0 Å². The number of phenolic OH excluding ortho intramolecular Hbond substituents is 1. The van der Waals surface area contributed by atoms with Gasteiger partial charge in [0.15, 0.2) is 5.82 Å². The van der Waals surface area contributed by atoms with E-state index in [-0.39, 0.29) is 52.0 Å². The van der Waals surface area contributed by atoms with Crippen molar-refractivity contribution in [2.24, 2.45) is 0 Å². The van der Waals surface area contributed by atoms with E-state index in [4.69, 9.17) is 9.72 Å². The molecule has 4 aromatic rings. The number of fused-ring (bicyclic) bond motifs is 3. The topological polar surface area (TPSA) is 84.6 Å². The van der Waals surface area contributed by atoms with Gasteiger partial charge >= 0.3 is 0 Å². The molecule has 0 aliphatic carbocycles. The highest BCUT2D eigenvalue weighted by Crippen LogP contribution is 2.45. The van der Waals surface area contributed by atoms with Crippen LogP contribution in [0.5, 0.6) is 11.6 Å². The van der Waals surface area contributed by atoms with Crippen LogP contribution in [-0.4, -0.2) is 80.1 Å². The van der Waals surface area contributed by atoms with Crippen molar-refractivity contribution in [3.8, 4) is 40.3 Å². The Balaban J connectivity index is 1.45. The summed E-state index contributed by atoms with van der Waals surface area (Å²) in [6.07, 6.45) is 1.07. The van der Waals surface area contributed by atoms with Gasteiger partial charge in [0, 0.05) is 55.0 Å². The van der Waals surface area contributed by atoms with Crippen molar-refractivity contribution >= 4 is 35.4 Å². The number of phenols is 1. The fraction of sp³-hybridized carbons (Fsp3) is 0.500. The Kier molecular flexibility index (Phi) is 10.6. The summed E-state index contributed by atoms with van der Waals surface area (Å²) in [5.41, 5.74) is 5.39. The van der Waals surface area contributed by atoms with Crippen molar-refractivity contribution < 1.29 is 23.0 Å². The molecule has 3 atom stereocenters. The van der Waals surface area contributed by atoms with Gasteiger partial charge in [-0.15, -0.1) is 5.54 Å². The number of rotatable bonds is 8. The van der Waals surface area contributed by atoms with Crippen LogP contribution in [0.15, 0.2) is 36.4 Å². The number of benzene rings is 3. The van der Waals surface area contributed by atoms with E-state index in [1.54, 1.807) is 24.3 Å². The van der Waals surface area contributed by atoms with E-state index in [2.05, 4.69) is 74.2 Å². The lowest BCUT2D eigenvalue weighted by atomic mass is 9.92. The van der Waals surface area contributed by atoms with Gasteiger partial charge in [-0.3, -0.25) is 4.90 Å². The number of nitrogens with zero attached hydrogens (tertiary/aromatic N) is 4. The maximum Gasteiger partial charge on any atom is 0.234 e. The molecular weight excluding hydrogens is 716 g/mol. The number of piperazine rings is 1. The molecule has 3 fully saturated rings. The SMILES string of the molecule is CC(C)[Si](C#Cc1c(F)ccc2cc(O)cc(-c3ccc4c(N5CCNC[C@H]5C)c(C#N)c(OC[C@@]56CCCN5C[C@H](F)C6)nc4c3F)c12)(C(C)C)C(C)C. The molecule has 0 spiro atoms. The lowest BCUT2D eigenvalue weighted by Crippen LogP contribution is -2.50. The average molecular weight is 768 g/mol. The van der Waals surface area contributed by atoms with Crippen molar-refractivity contribution in [2.75, 3.05) is 44.2 Å². The van der Waals surface area contributed by atoms with E-state index >= 15 is 8.78 Å². The van der Waals surface area contributed by atoms with Crippen LogP contribution in [0.25, 0.3) is 32.8 Å². The van der Waals surface area contributed by atoms with Crippen molar-refractivity contribution in [2.45, 2.75) is 102 Å². The van der Waals surface area contributed by atoms with E-state index in [1.807, 2.05) is 6.92 Å². The summed E-state index contributed by atoms with van der Waals surface area (Å²) in [4.78, 5) is 8.97. The number of halogens is 3. The fourth-order valence-corrected chi connectivity index (χ4v) is 15.4. The van der Waals surface area contributed by atoms with E-state index in [0.29, 0.717) is 71.1 Å². The van der Waals surface area contributed by atoms with Gasteiger partial charge in [0.2, 0.25) is 5.88 Å². The van der Waals surface area contributed by atoms with E-state index < -0.39 is 31.4 Å². The Hall–Kier alpha value is -4.29. The Labute approximate surface area is 323 Å². The molecule has 3 aliphatic rings. The van der Waals surface area contributed by atoms with Crippen molar-refractivity contribution in [1.29, 1.82) is 5.26 Å². The first-order valence-corrected chi connectivity index (χ1v) is 22.0. The highest BCUT2D eigenvalue weighted by molar-refractivity contribution is 6.90. The molecule has 3 aliphatic heterocycles. The number of pyridine rings is 1. The van der Waals surface area contributed by atoms with Gasteiger partial charge in [-0.2, -0.15) is 5.26 Å². The van der Waals surface area contributed by atoms with Crippen LogP contribution >= 0.6 is 0 Å². The van der Waals surface area contributed by atoms with E-state index in [0.717, 1.165) is 19.4 Å². The van der Waals surface area contributed by atoms with E-state index in [1.165, 1.54) is 12.1 Å².